The molecule has 1 fully saturated rings. The molecule has 1 aliphatic heterocycles. The van der Waals surface area contributed by atoms with E-state index in [0.717, 1.165) is 0 Å². The van der Waals surface area contributed by atoms with Gasteiger partial charge in [0.1, 0.15) is 5.60 Å². The Morgan fingerprint density at radius 3 is 2.76 bits per heavy atom. The minimum atomic E-state index is -0.563. The summed E-state index contributed by atoms with van der Waals surface area (Å²) in [4.78, 5) is 16.0. The van der Waals surface area contributed by atoms with Crippen molar-refractivity contribution in [1.29, 1.82) is 0 Å². The van der Waals surface area contributed by atoms with E-state index in [9.17, 15) is 4.79 Å². The van der Waals surface area contributed by atoms with Gasteiger partial charge in [0.15, 0.2) is 0 Å². The van der Waals surface area contributed by atoms with E-state index in [1.807, 2.05) is 0 Å². The van der Waals surface area contributed by atoms with Gasteiger partial charge in [0.05, 0.1) is 12.1 Å². The summed E-state index contributed by atoms with van der Waals surface area (Å²) < 4.78 is 5.24. The number of amides is 1. The van der Waals surface area contributed by atoms with Crippen molar-refractivity contribution in [2.24, 2.45) is 5.11 Å². The molecule has 1 saturated heterocycles. The molecule has 0 aromatic rings. The maximum atomic E-state index is 11.9. The number of hydrogen-bond donors (Lipinski definition) is 0. The lowest BCUT2D eigenvalue weighted by atomic mass is 10.2. The fourth-order valence-electron chi connectivity index (χ4n) is 1.65. The van der Waals surface area contributed by atoms with Gasteiger partial charge in [-0.2, -0.15) is 0 Å². The van der Waals surface area contributed by atoms with Crippen molar-refractivity contribution in [3.8, 4) is 12.3 Å². The highest BCUT2D eigenvalue weighted by atomic mass is 16.6. The molecule has 2 atom stereocenters. The second-order valence-electron chi connectivity index (χ2n) is 4.91. The zero-order valence-electron chi connectivity index (χ0n) is 10.3. The summed E-state index contributed by atoms with van der Waals surface area (Å²) in [6, 6.07) is -0.631. The number of carbonyl (C=O) groups excluding carboxylic acids is 1. The van der Waals surface area contributed by atoms with Crippen molar-refractivity contribution < 1.29 is 9.53 Å². The van der Waals surface area contributed by atoms with E-state index < -0.39 is 11.7 Å². The van der Waals surface area contributed by atoms with Crippen LogP contribution in [0.15, 0.2) is 5.11 Å². The van der Waals surface area contributed by atoms with Crippen LogP contribution in [0.2, 0.25) is 0 Å². The fourth-order valence-corrected chi connectivity index (χ4v) is 1.65. The summed E-state index contributed by atoms with van der Waals surface area (Å²) in [5.74, 6) is 2.51. The van der Waals surface area contributed by atoms with E-state index in [2.05, 4.69) is 15.9 Å². The van der Waals surface area contributed by atoms with Crippen molar-refractivity contribution in [1.82, 2.24) is 4.90 Å². The average Bonchev–Trinajstić information content (AvgIpc) is 2.59. The third-order valence-corrected chi connectivity index (χ3v) is 2.31. The van der Waals surface area contributed by atoms with Crippen molar-refractivity contribution in [3.63, 3.8) is 0 Å². The van der Waals surface area contributed by atoms with Crippen LogP contribution in [0.1, 0.15) is 27.2 Å². The number of rotatable bonds is 1. The minimum absolute atomic E-state index is 0.270. The first kappa shape index (κ1) is 13.2. The summed E-state index contributed by atoms with van der Waals surface area (Å²) in [5.41, 5.74) is 7.81. The maximum absolute atomic E-state index is 11.9. The Hall–Kier alpha value is -1.86. The first-order chi connectivity index (χ1) is 7.87. The Kier molecular flexibility index (Phi) is 3.87. The summed E-state index contributed by atoms with van der Waals surface area (Å²) in [6.07, 6.45) is 5.37. The molecule has 0 aromatic heterocycles. The summed E-state index contributed by atoms with van der Waals surface area (Å²) in [7, 11) is 0. The molecule has 0 N–H and O–H groups in total. The summed E-state index contributed by atoms with van der Waals surface area (Å²) >= 11 is 0. The van der Waals surface area contributed by atoms with Gasteiger partial charge in [0.2, 0.25) is 0 Å². The van der Waals surface area contributed by atoms with E-state index >= 15 is 0 Å². The quantitative estimate of drug-likeness (QED) is 0.303. The molecule has 92 valence electrons. The molecule has 0 aromatic carbocycles. The molecule has 1 amide bonds. The van der Waals surface area contributed by atoms with Crippen LogP contribution in [0.5, 0.6) is 0 Å². The van der Waals surface area contributed by atoms with E-state index in [-0.39, 0.29) is 12.1 Å². The highest BCUT2D eigenvalue weighted by molar-refractivity contribution is 5.69. The Labute approximate surface area is 101 Å². The largest absolute Gasteiger partial charge is 0.444 e. The van der Waals surface area contributed by atoms with Gasteiger partial charge in [-0.3, -0.25) is 4.90 Å². The summed E-state index contributed by atoms with van der Waals surface area (Å²) in [5, 5.41) is 3.59. The summed E-state index contributed by atoms with van der Waals surface area (Å²) in [6.45, 7) is 5.68. The molecule has 1 heterocycles. The lowest BCUT2D eigenvalue weighted by molar-refractivity contribution is 0.0259. The van der Waals surface area contributed by atoms with Gasteiger partial charge in [-0.1, -0.05) is 11.0 Å². The second kappa shape index (κ2) is 4.98. The highest BCUT2D eigenvalue weighted by Crippen LogP contribution is 2.22. The third kappa shape index (κ3) is 3.58. The van der Waals surface area contributed by atoms with Crippen LogP contribution in [-0.2, 0) is 4.74 Å². The number of nitrogens with zero attached hydrogens (tertiary/aromatic N) is 4. The smallest absolute Gasteiger partial charge is 0.411 e. The molecule has 0 aliphatic carbocycles. The zero-order chi connectivity index (χ0) is 13.1. The maximum Gasteiger partial charge on any atom is 0.411 e. The van der Waals surface area contributed by atoms with Gasteiger partial charge in [0, 0.05) is 11.5 Å². The van der Waals surface area contributed by atoms with Crippen molar-refractivity contribution >= 4 is 6.09 Å². The normalized spacial score (nSPS) is 23.8. The van der Waals surface area contributed by atoms with Crippen molar-refractivity contribution in [2.75, 3.05) is 6.54 Å². The molecular weight excluding hydrogens is 220 g/mol. The number of ether oxygens (including phenoxy) is 1. The van der Waals surface area contributed by atoms with Crippen LogP contribution < -0.4 is 0 Å². The van der Waals surface area contributed by atoms with Gasteiger partial charge in [-0.25, -0.2) is 4.79 Å². The van der Waals surface area contributed by atoms with E-state index in [1.165, 1.54) is 4.90 Å². The molecule has 0 bridgehead atoms. The fraction of sp³-hybridized carbons (Fsp3) is 0.727. The third-order valence-electron chi connectivity index (χ3n) is 2.31. The number of terminal acetylenes is 1. The lowest BCUT2D eigenvalue weighted by Crippen LogP contribution is -2.39. The molecule has 6 nitrogen and oxygen atoms in total. The van der Waals surface area contributed by atoms with Crippen LogP contribution in [-0.4, -0.2) is 35.2 Å². The molecule has 6 heteroatoms. The molecule has 0 unspecified atom stereocenters. The van der Waals surface area contributed by atoms with Crippen LogP contribution in [0, 0.1) is 12.3 Å². The van der Waals surface area contributed by atoms with Gasteiger partial charge in [0.25, 0.3) is 0 Å². The van der Waals surface area contributed by atoms with Crippen molar-refractivity contribution in [2.45, 2.75) is 44.9 Å². The minimum Gasteiger partial charge on any atom is -0.444 e. The Morgan fingerprint density at radius 2 is 2.29 bits per heavy atom. The van der Waals surface area contributed by atoms with Gasteiger partial charge in [-0.05, 0) is 32.7 Å². The lowest BCUT2D eigenvalue weighted by Gasteiger charge is -2.26. The average molecular weight is 236 g/mol. The highest BCUT2D eigenvalue weighted by Gasteiger charge is 2.36. The predicted molar refractivity (Wildman–Crippen MR) is 63.1 cm³/mol. The first-order valence-electron chi connectivity index (χ1n) is 5.37. The van der Waals surface area contributed by atoms with Gasteiger partial charge < -0.3 is 4.74 Å². The Morgan fingerprint density at radius 1 is 1.65 bits per heavy atom. The predicted octanol–water partition coefficient (Wildman–Crippen LogP) is 2.31. The van der Waals surface area contributed by atoms with Crippen molar-refractivity contribution in [3.05, 3.63) is 10.4 Å². The Bertz CT molecular complexity index is 387. The van der Waals surface area contributed by atoms with Crippen LogP contribution in [0.25, 0.3) is 10.4 Å². The topological polar surface area (TPSA) is 78.3 Å². The molecule has 0 radical (unpaired) electrons. The SMILES string of the molecule is C#C[C@@H]1C[C@@H](N=[N+]=[N-])CN1C(=O)OC(C)(C)C. The van der Waals surface area contributed by atoms with Gasteiger partial charge >= 0.3 is 6.09 Å². The van der Waals surface area contributed by atoms with Crippen LogP contribution >= 0.6 is 0 Å². The molecule has 0 saturated carbocycles. The molecule has 0 spiro atoms. The molecule has 1 aliphatic rings. The number of azide groups is 1. The first-order valence-corrected chi connectivity index (χ1v) is 5.37. The number of hydrogen-bond acceptors (Lipinski definition) is 3. The zero-order valence-corrected chi connectivity index (χ0v) is 10.3. The van der Waals surface area contributed by atoms with E-state index in [4.69, 9.17) is 16.7 Å². The number of likely N-dealkylation sites (tertiary alicyclic amines) is 1. The monoisotopic (exact) mass is 236 g/mol. The molecule has 17 heavy (non-hydrogen) atoms. The second-order valence-corrected chi connectivity index (χ2v) is 4.91. The standard InChI is InChI=1S/C11H16N4O2/c1-5-9-6-8(13-14-12)7-15(9)10(16)17-11(2,3)4/h1,8-9H,6-7H2,2-4H3/t8-,9-/m1/s1. The van der Waals surface area contributed by atoms with E-state index in [1.54, 1.807) is 20.8 Å². The number of carbonyl (C=O) groups is 1. The molecular formula is C11H16N4O2. The van der Waals surface area contributed by atoms with E-state index in [0.29, 0.717) is 13.0 Å². The van der Waals surface area contributed by atoms with Crippen LogP contribution in [0.3, 0.4) is 0 Å². The van der Waals surface area contributed by atoms with Gasteiger partial charge in [-0.15, -0.1) is 6.42 Å². The molecule has 1 rings (SSSR count). The Balaban J connectivity index is 2.73. The van der Waals surface area contributed by atoms with Crippen LogP contribution in [0.4, 0.5) is 4.79 Å².